The van der Waals surface area contributed by atoms with E-state index in [1.807, 2.05) is 17.0 Å². The largest absolute Gasteiger partial charge is 0.374 e. The number of anilines is 1. The lowest BCUT2D eigenvalue weighted by Crippen LogP contribution is -2.28. The van der Waals surface area contributed by atoms with Gasteiger partial charge in [0.05, 0.1) is 11.9 Å². The van der Waals surface area contributed by atoms with Crippen molar-refractivity contribution in [3.05, 3.63) is 24.5 Å². The summed E-state index contributed by atoms with van der Waals surface area (Å²) in [6.45, 7) is 0.937. The second kappa shape index (κ2) is 3.11. The number of rotatable bonds is 1. The van der Waals surface area contributed by atoms with Gasteiger partial charge in [-0.25, -0.2) is 0 Å². The van der Waals surface area contributed by atoms with E-state index in [4.69, 9.17) is 0 Å². The normalized spacial score (nSPS) is 23.1. The second-order valence-corrected chi connectivity index (χ2v) is 3.03. The molecule has 1 aliphatic rings. The zero-order chi connectivity index (χ0) is 8.39. The van der Waals surface area contributed by atoms with Crippen LogP contribution in [0.2, 0.25) is 0 Å². The summed E-state index contributed by atoms with van der Waals surface area (Å²) < 4.78 is 0. The van der Waals surface area contributed by atoms with Crippen LogP contribution in [0.3, 0.4) is 0 Å². The Labute approximate surface area is 71.7 Å². The molecule has 2 heterocycles. The third kappa shape index (κ3) is 1.28. The minimum Gasteiger partial charge on any atom is -0.374 e. The molecule has 1 N–H and O–H groups in total. The number of aliphatic hydroxyl groups excluding tert-OH is 1. The van der Waals surface area contributed by atoms with Gasteiger partial charge >= 0.3 is 0 Å². The lowest BCUT2D eigenvalue weighted by Gasteiger charge is -2.21. The third-order valence-corrected chi connectivity index (χ3v) is 2.20. The summed E-state index contributed by atoms with van der Waals surface area (Å²) in [4.78, 5) is 5.99. The Hall–Kier alpha value is -1.09. The van der Waals surface area contributed by atoms with E-state index < -0.39 is 0 Å². The van der Waals surface area contributed by atoms with Crippen molar-refractivity contribution >= 4 is 5.69 Å². The fraction of sp³-hybridized carbons (Fsp3) is 0.444. The molecule has 1 saturated heterocycles. The summed E-state index contributed by atoms with van der Waals surface area (Å²) >= 11 is 0. The van der Waals surface area contributed by atoms with Gasteiger partial charge in [0, 0.05) is 12.7 Å². The van der Waals surface area contributed by atoms with E-state index in [1.54, 1.807) is 12.4 Å². The molecular weight excluding hydrogens is 152 g/mol. The van der Waals surface area contributed by atoms with Crippen LogP contribution in [-0.2, 0) is 0 Å². The van der Waals surface area contributed by atoms with E-state index in [1.165, 1.54) is 0 Å². The molecule has 0 aliphatic carbocycles. The molecular formula is C9H12N2O. The van der Waals surface area contributed by atoms with Crippen LogP contribution in [0.5, 0.6) is 0 Å². The molecule has 64 valence electrons. The van der Waals surface area contributed by atoms with Gasteiger partial charge < -0.3 is 10.0 Å². The number of aromatic nitrogens is 1. The molecule has 0 radical (unpaired) electrons. The van der Waals surface area contributed by atoms with Crippen molar-refractivity contribution in [2.24, 2.45) is 0 Å². The highest BCUT2D eigenvalue weighted by atomic mass is 16.3. The zero-order valence-electron chi connectivity index (χ0n) is 6.85. The van der Waals surface area contributed by atoms with E-state index in [0.717, 1.165) is 25.1 Å². The number of aliphatic hydroxyl groups is 1. The van der Waals surface area contributed by atoms with Crippen molar-refractivity contribution in [2.75, 3.05) is 11.4 Å². The van der Waals surface area contributed by atoms with Crippen molar-refractivity contribution in [3.8, 4) is 0 Å². The van der Waals surface area contributed by atoms with Gasteiger partial charge in [0.15, 0.2) is 0 Å². The van der Waals surface area contributed by atoms with Gasteiger partial charge in [-0.3, -0.25) is 4.98 Å². The molecule has 0 saturated carbocycles. The van der Waals surface area contributed by atoms with E-state index in [-0.39, 0.29) is 6.23 Å². The van der Waals surface area contributed by atoms with E-state index in [0.29, 0.717) is 0 Å². The van der Waals surface area contributed by atoms with Crippen LogP contribution in [0.25, 0.3) is 0 Å². The predicted octanol–water partition coefficient (Wildman–Crippen LogP) is 1.00. The molecule has 2 rings (SSSR count). The van der Waals surface area contributed by atoms with Crippen LogP contribution in [-0.4, -0.2) is 22.9 Å². The minimum atomic E-state index is -0.311. The van der Waals surface area contributed by atoms with Gasteiger partial charge in [-0.2, -0.15) is 0 Å². The summed E-state index contributed by atoms with van der Waals surface area (Å²) in [6.07, 6.45) is 5.15. The SMILES string of the molecule is OC1CCCN1c1cccnc1. The first-order valence-corrected chi connectivity index (χ1v) is 4.22. The summed E-state index contributed by atoms with van der Waals surface area (Å²) in [6, 6.07) is 3.86. The van der Waals surface area contributed by atoms with Crippen LogP contribution in [0.4, 0.5) is 5.69 Å². The smallest absolute Gasteiger partial charge is 0.127 e. The highest BCUT2D eigenvalue weighted by Crippen LogP contribution is 2.22. The van der Waals surface area contributed by atoms with Crippen molar-refractivity contribution in [1.82, 2.24) is 4.98 Å². The van der Waals surface area contributed by atoms with Gasteiger partial charge in [-0.05, 0) is 25.0 Å². The molecule has 1 aromatic rings. The zero-order valence-corrected chi connectivity index (χ0v) is 6.85. The van der Waals surface area contributed by atoms with E-state index in [9.17, 15) is 5.11 Å². The first-order chi connectivity index (χ1) is 5.88. The van der Waals surface area contributed by atoms with Crippen molar-refractivity contribution in [3.63, 3.8) is 0 Å². The number of nitrogens with zero attached hydrogens (tertiary/aromatic N) is 2. The number of hydrogen-bond donors (Lipinski definition) is 1. The van der Waals surface area contributed by atoms with E-state index >= 15 is 0 Å². The molecule has 0 amide bonds. The lowest BCUT2D eigenvalue weighted by atomic mass is 10.3. The van der Waals surface area contributed by atoms with Crippen molar-refractivity contribution in [2.45, 2.75) is 19.1 Å². The monoisotopic (exact) mass is 164 g/mol. The van der Waals surface area contributed by atoms with Crippen molar-refractivity contribution in [1.29, 1.82) is 0 Å². The molecule has 3 heteroatoms. The van der Waals surface area contributed by atoms with Gasteiger partial charge in [0.2, 0.25) is 0 Å². The maximum absolute atomic E-state index is 9.54. The molecule has 0 spiro atoms. The van der Waals surface area contributed by atoms with Gasteiger partial charge in [-0.15, -0.1) is 0 Å². The highest BCUT2D eigenvalue weighted by Gasteiger charge is 2.21. The molecule has 1 fully saturated rings. The van der Waals surface area contributed by atoms with Crippen LogP contribution < -0.4 is 4.90 Å². The summed E-state index contributed by atoms with van der Waals surface area (Å²) in [7, 11) is 0. The fourth-order valence-corrected chi connectivity index (χ4v) is 1.57. The Morgan fingerprint density at radius 3 is 3.08 bits per heavy atom. The standard InChI is InChI=1S/C9H12N2O/c12-9-4-2-6-11(9)8-3-1-5-10-7-8/h1,3,5,7,9,12H,2,4,6H2. The number of pyridine rings is 1. The molecule has 1 atom stereocenters. The van der Waals surface area contributed by atoms with Crippen LogP contribution >= 0.6 is 0 Å². The fourth-order valence-electron chi connectivity index (χ4n) is 1.57. The predicted molar refractivity (Wildman–Crippen MR) is 46.8 cm³/mol. The summed E-state index contributed by atoms with van der Waals surface area (Å²) in [5.41, 5.74) is 1.02. The highest BCUT2D eigenvalue weighted by molar-refractivity contribution is 5.44. The van der Waals surface area contributed by atoms with Crippen LogP contribution in [0, 0.1) is 0 Å². The Morgan fingerprint density at radius 2 is 2.50 bits per heavy atom. The quantitative estimate of drug-likeness (QED) is 0.672. The molecule has 0 bridgehead atoms. The Balaban J connectivity index is 2.19. The molecule has 0 aromatic carbocycles. The Bertz CT molecular complexity index is 250. The van der Waals surface area contributed by atoms with Gasteiger partial charge in [-0.1, -0.05) is 0 Å². The van der Waals surface area contributed by atoms with E-state index in [2.05, 4.69) is 4.98 Å². The third-order valence-electron chi connectivity index (χ3n) is 2.20. The maximum atomic E-state index is 9.54. The van der Waals surface area contributed by atoms with Crippen LogP contribution in [0.15, 0.2) is 24.5 Å². The first kappa shape index (κ1) is 7.55. The average molecular weight is 164 g/mol. The molecule has 3 nitrogen and oxygen atoms in total. The summed E-state index contributed by atoms with van der Waals surface area (Å²) in [5, 5.41) is 9.54. The Morgan fingerprint density at radius 1 is 1.58 bits per heavy atom. The molecule has 1 aliphatic heterocycles. The topological polar surface area (TPSA) is 36.4 Å². The lowest BCUT2D eigenvalue weighted by molar-refractivity contribution is 0.185. The molecule has 1 aromatic heterocycles. The molecule has 1 unspecified atom stereocenters. The van der Waals surface area contributed by atoms with Gasteiger partial charge in [0.25, 0.3) is 0 Å². The van der Waals surface area contributed by atoms with Crippen LogP contribution in [0.1, 0.15) is 12.8 Å². The number of hydrogen-bond acceptors (Lipinski definition) is 3. The first-order valence-electron chi connectivity index (χ1n) is 4.22. The molecule has 12 heavy (non-hydrogen) atoms. The average Bonchev–Trinajstić information content (AvgIpc) is 2.53. The van der Waals surface area contributed by atoms with Crippen molar-refractivity contribution < 1.29 is 5.11 Å². The summed E-state index contributed by atoms with van der Waals surface area (Å²) in [5.74, 6) is 0. The Kier molecular flexibility index (Phi) is 1.96. The van der Waals surface area contributed by atoms with Gasteiger partial charge in [0.1, 0.15) is 6.23 Å². The maximum Gasteiger partial charge on any atom is 0.127 e. The minimum absolute atomic E-state index is 0.311. The second-order valence-electron chi connectivity index (χ2n) is 3.03.